The summed E-state index contributed by atoms with van der Waals surface area (Å²) in [7, 11) is -3.72. The third-order valence-electron chi connectivity index (χ3n) is 5.69. The molecule has 1 aliphatic rings. The monoisotopic (exact) mass is 469 g/mol. The Labute approximate surface area is 193 Å². The van der Waals surface area contributed by atoms with Crippen LogP contribution in [-0.4, -0.2) is 54.9 Å². The standard InChI is InChI=1S/C23H27N5O4S/c1-4-19-22(23(32-26-19)25-17(3)29)18-9-8-16(2)20(15-18)33(30,31)28-13-11-27(12-14-28)21-7-5-6-10-24-21/h5-10,15H,4,11-14H2,1-3H3,(H,25,29). The van der Waals surface area contributed by atoms with E-state index in [-0.39, 0.29) is 16.7 Å². The zero-order valence-electron chi connectivity index (χ0n) is 18.9. The molecule has 0 spiro atoms. The first-order valence-corrected chi connectivity index (χ1v) is 12.3. The van der Waals surface area contributed by atoms with Crippen molar-refractivity contribution in [2.75, 3.05) is 36.4 Å². The molecule has 0 atom stereocenters. The maximum Gasteiger partial charge on any atom is 0.243 e. The molecule has 33 heavy (non-hydrogen) atoms. The van der Waals surface area contributed by atoms with E-state index in [1.54, 1.807) is 25.3 Å². The van der Waals surface area contributed by atoms with E-state index in [1.807, 2.05) is 31.2 Å². The second-order valence-corrected chi connectivity index (χ2v) is 9.83. The molecule has 9 nitrogen and oxygen atoms in total. The second kappa shape index (κ2) is 9.32. The van der Waals surface area contributed by atoms with Crippen LogP contribution in [0, 0.1) is 6.92 Å². The summed E-state index contributed by atoms with van der Waals surface area (Å²) in [5.74, 6) is 0.772. The number of amides is 1. The van der Waals surface area contributed by atoms with Crippen molar-refractivity contribution in [3.8, 4) is 11.1 Å². The lowest BCUT2D eigenvalue weighted by Gasteiger charge is -2.34. The molecule has 0 unspecified atom stereocenters. The average molecular weight is 470 g/mol. The highest BCUT2D eigenvalue weighted by Gasteiger charge is 2.31. The van der Waals surface area contributed by atoms with Gasteiger partial charge in [-0.1, -0.05) is 30.3 Å². The van der Waals surface area contributed by atoms with Crippen LogP contribution in [0.1, 0.15) is 25.1 Å². The van der Waals surface area contributed by atoms with Crippen LogP contribution in [0.15, 0.2) is 52.0 Å². The van der Waals surface area contributed by atoms with Gasteiger partial charge in [0.25, 0.3) is 0 Å². The van der Waals surface area contributed by atoms with Crippen LogP contribution >= 0.6 is 0 Å². The summed E-state index contributed by atoms with van der Waals surface area (Å²) in [6, 6.07) is 10.9. The smallest absolute Gasteiger partial charge is 0.243 e. The number of rotatable bonds is 6. The van der Waals surface area contributed by atoms with Crippen molar-refractivity contribution < 1.29 is 17.7 Å². The predicted molar refractivity (Wildman–Crippen MR) is 126 cm³/mol. The molecule has 10 heteroatoms. The van der Waals surface area contributed by atoms with Gasteiger partial charge in [-0.25, -0.2) is 13.4 Å². The summed E-state index contributed by atoms with van der Waals surface area (Å²) in [6.45, 7) is 6.95. The molecule has 1 fully saturated rings. The molecule has 1 N–H and O–H groups in total. The van der Waals surface area contributed by atoms with E-state index in [9.17, 15) is 13.2 Å². The number of piperazine rings is 1. The molecule has 3 heterocycles. The van der Waals surface area contributed by atoms with Gasteiger partial charge in [0.2, 0.25) is 21.8 Å². The molecule has 1 amide bonds. The van der Waals surface area contributed by atoms with Gasteiger partial charge in [-0.15, -0.1) is 0 Å². The Bertz CT molecular complexity index is 1250. The number of nitrogens with zero attached hydrogens (tertiary/aromatic N) is 4. The van der Waals surface area contributed by atoms with Gasteiger partial charge in [0, 0.05) is 39.3 Å². The Kier molecular flexibility index (Phi) is 6.48. The third-order valence-corrected chi connectivity index (χ3v) is 7.73. The number of sulfonamides is 1. The molecular formula is C23H27N5O4S. The number of hydrogen-bond acceptors (Lipinski definition) is 7. The second-order valence-electron chi connectivity index (χ2n) is 7.93. The lowest BCUT2D eigenvalue weighted by Crippen LogP contribution is -2.49. The van der Waals surface area contributed by atoms with Crippen LogP contribution in [0.25, 0.3) is 11.1 Å². The Morgan fingerprint density at radius 3 is 2.55 bits per heavy atom. The van der Waals surface area contributed by atoms with Crippen LogP contribution in [0.5, 0.6) is 0 Å². The summed E-state index contributed by atoms with van der Waals surface area (Å²) in [6.07, 6.45) is 2.31. The quantitative estimate of drug-likeness (QED) is 0.591. The minimum Gasteiger partial charge on any atom is -0.354 e. The van der Waals surface area contributed by atoms with E-state index >= 15 is 0 Å². The number of benzene rings is 1. The summed E-state index contributed by atoms with van der Waals surface area (Å²) in [5.41, 5.74) is 2.54. The molecule has 1 aromatic carbocycles. The largest absolute Gasteiger partial charge is 0.354 e. The number of pyridine rings is 1. The number of hydrogen-bond donors (Lipinski definition) is 1. The third kappa shape index (κ3) is 4.62. The van der Waals surface area contributed by atoms with Crippen LogP contribution in [-0.2, 0) is 21.2 Å². The summed E-state index contributed by atoms with van der Waals surface area (Å²) >= 11 is 0. The van der Waals surface area contributed by atoms with Crippen molar-refractivity contribution in [2.24, 2.45) is 0 Å². The number of nitrogens with one attached hydrogen (secondary N) is 1. The maximum absolute atomic E-state index is 13.6. The average Bonchev–Trinajstić information content (AvgIpc) is 3.22. The van der Waals surface area contributed by atoms with Gasteiger partial charge in [0.15, 0.2) is 0 Å². The van der Waals surface area contributed by atoms with E-state index in [4.69, 9.17) is 4.52 Å². The van der Waals surface area contributed by atoms with E-state index in [1.165, 1.54) is 11.2 Å². The minimum absolute atomic E-state index is 0.218. The number of aromatic nitrogens is 2. The first kappa shape index (κ1) is 22.9. The lowest BCUT2D eigenvalue weighted by molar-refractivity contribution is -0.114. The van der Waals surface area contributed by atoms with Gasteiger partial charge in [0.1, 0.15) is 5.82 Å². The Hall–Kier alpha value is -3.24. The topological polar surface area (TPSA) is 109 Å². The van der Waals surface area contributed by atoms with Crippen molar-refractivity contribution in [3.05, 3.63) is 53.9 Å². The van der Waals surface area contributed by atoms with Crippen molar-refractivity contribution in [1.29, 1.82) is 0 Å². The molecule has 4 rings (SSSR count). The summed E-state index contributed by atoms with van der Waals surface area (Å²) in [5, 5.41) is 6.69. The summed E-state index contributed by atoms with van der Waals surface area (Å²) in [4.78, 5) is 18.3. The van der Waals surface area contributed by atoms with Gasteiger partial charge >= 0.3 is 0 Å². The fourth-order valence-corrected chi connectivity index (χ4v) is 5.65. The molecule has 1 saturated heterocycles. The number of carbonyl (C=O) groups excluding carboxylic acids is 1. The Balaban J connectivity index is 1.63. The Morgan fingerprint density at radius 1 is 1.15 bits per heavy atom. The van der Waals surface area contributed by atoms with Crippen LogP contribution in [0.3, 0.4) is 0 Å². The lowest BCUT2D eigenvalue weighted by atomic mass is 10.0. The Morgan fingerprint density at radius 2 is 1.91 bits per heavy atom. The van der Waals surface area contributed by atoms with Crippen LogP contribution < -0.4 is 10.2 Å². The van der Waals surface area contributed by atoms with Crippen molar-refractivity contribution in [2.45, 2.75) is 32.1 Å². The fraction of sp³-hybridized carbons (Fsp3) is 0.348. The van der Waals surface area contributed by atoms with E-state index < -0.39 is 10.0 Å². The van der Waals surface area contributed by atoms with Gasteiger partial charge < -0.3 is 9.42 Å². The van der Waals surface area contributed by atoms with Crippen molar-refractivity contribution in [1.82, 2.24) is 14.4 Å². The highest BCUT2D eigenvalue weighted by Crippen LogP contribution is 2.35. The molecule has 174 valence electrons. The predicted octanol–water partition coefficient (Wildman–Crippen LogP) is 3.08. The SMILES string of the molecule is CCc1noc(NC(C)=O)c1-c1ccc(C)c(S(=O)(=O)N2CCN(c3ccccn3)CC2)c1. The molecule has 0 aliphatic carbocycles. The normalized spacial score (nSPS) is 14.9. The number of carbonyl (C=O) groups is 1. The molecule has 3 aromatic rings. The first-order valence-electron chi connectivity index (χ1n) is 10.8. The first-order chi connectivity index (χ1) is 15.8. The van der Waals surface area contributed by atoms with Crippen molar-refractivity contribution >= 4 is 27.6 Å². The van der Waals surface area contributed by atoms with Crippen LogP contribution in [0.4, 0.5) is 11.7 Å². The van der Waals surface area contributed by atoms with Gasteiger partial charge in [-0.05, 0) is 42.7 Å². The molecule has 0 bridgehead atoms. The number of anilines is 2. The highest BCUT2D eigenvalue weighted by molar-refractivity contribution is 7.89. The molecule has 1 aliphatic heterocycles. The molecular weight excluding hydrogens is 442 g/mol. The van der Waals surface area contributed by atoms with E-state index in [0.29, 0.717) is 55.0 Å². The van der Waals surface area contributed by atoms with Gasteiger partial charge in [-0.2, -0.15) is 4.31 Å². The zero-order chi connectivity index (χ0) is 23.6. The number of aryl methyl sites for hydroxylation is 2. The summed E-state index contributed by atoms with van der Waals surface area (Å²) < 4.78 is 34.0. The molecule has 0 saturated carbocycles. The van der Waals surface area contributed by atoms with E-state index in [2.05, 4.69) is 20.4 Å². The minimum atomic E-state index is -3.72. The molecule has 2 aromatic heterocycles. The van der Waals surface area contributed by atoms with Gasteiger partial charge in [0.05, 0.1) is 16.2 Å². The fourth-order valence-electron chi connectivity index (χ4n) is 3.98. The maximum atomic E-state index is 13.6. The van der Waals surface area contributed by atoms with Gasteiger partial charge in [-0.3, -0.25) is 10.1 Å². The van der Waals surface area contributed by atoms with Crippen molar-refractivity contribution in [3.63, 3.8) is 0 Å². The molecule has 0 radical (unpaired) electrons. The van der Waals surface area contributed by atoms with E-state index in [0.717, 1.165) is 5.82 Å². The highest BCUT2D eigenvalue weighted by atomic mass is 32.2. The zero-order valence-corrected chi connectivity index (χ0v) is 19.7. The van der Waals surface area contributed by atoms with Crippen LogP contribution in [0.2, 0.25) is 0 Å².